The molecule has 114 valence electrons. The highest BCUT2D eigenvalue weighted by molar-refractivity contribution is 7.16. The van der Waals surface area contributed by atoms with Crippen molar-refractivity contribution in [2.75, 3.05) is 0 Å². The van der Waals surface area contributed by atoms with Crippen molar-refractivity contribution in [2.24, 2.45) is 0 Å². The van der Waals surface area contributed by atoms with Crippen LogP contribution in [0.25, 0.3) is 0 Å². The van der Waals surface area contributed by atoms with Crippen LogP contribution in [-0.2, 0) is 6.54 Å². The second-order valence-electron chi connectivity index (χ2n) is 4.44. The zero-order chi connectivity index (χ0) is 15.5. The van der Waals surface area contributed by atoms with E-state index in [4.69, 9.17) is 11.6 Å². The molecule has 0 bridgehead atoms. The van der Waals surface area contributed by atoms with E-state index in [1.165, 1.54) is 23.5 Å². The molecule has 0 aliphatic rings. The lowest BCUT2D eigenvalue weighted by Crippen LogP contribution is -2.18. The first-order chi connectivity index (χ1) is 9.83. The molecule has 0 saturated heterocycles. The minimum Gasteiger partial charge on any atom is -0.406 e. The monoisotopic (exact) mass is 335 g/mol. The molecule has 2 aromatic rings. The Morgan fingerprint density at radius 2 is 1.86 bits per heavy atom. The largest absolute Gasteiger partial charge is 0.573 e. The Kier molecular flexibility index (Phi) is 5.13. The molecule has 0 aliphatic heterocycles. The van der Waals surface area contributed by atoms with E-state index in [1.54, 1.807) is 12.1 Å². The van der Waals surface area contributed by atoms with Crippen molar-refractivity contribution in [1.29, 1.82) is 0 Å². The smallest absolute Gasteiger partial charge is 0.406 e. The summed E-state index contributed by atoms with van der Waals surface area (Å²) < 4.78 is 40.7. The average molecular weight is 336 g/mol. The number of benzene rings is 1. The Morgan fingerprint density at radius 3 is 2.38 bits per heavy atom. The van der Waals surface area contributed by atoms with Gasteiger partial charge in [-0.2, -0.15) is 0 Å². The number of nitrogens with one attached hydrogen (secondary N) is 1. The molecule has 2 nitrogen and oxygen atoms in total. The summed E-state index contributed by atoms with van der Waals surface area (Å²) in [6.45, 7) is 2.55. The van der Waals surface area contributed by atoms with Gasteiger partial charge in [-0.3, -0.25) is 0 Å². The van der Waals surface area contributed by atoms with Gasteiger partial charge < -0.3 is 10.1 Å². The summed E-state index contributed by atoms with van der Waals surface area (Å²) in [6, 6.07) is 9.71. The number of alkyl halides is 3. The fourth-order valence-corrected chi connectivity index (χ4v) is 2.83. The van der Waals surface area contributed by atoms with Crippen molar-refractivity contribution in [3.05, 3.63) is 51.2 Å². The first kappa shape index (κ1) is 16.1. The fourth-order valence-electron chi connectivity index (χ4n) is 1.74. The summed E-state index contributed by atoms with van der Waals surface area (Å²) in [5.74, 6) is -0.218. The van der Waals surface area contributed by atoms with E-state index in [0.717, 1.165) is 14.8 Å². The minimum absolute atomic E-state index is 0.119. The molecular formula is C14H13ClF3NOS. The molecule has 21 heavy (non-hydrogen) atoms. The summed E-state index contributed by atoms with van der Waals surface area (Å²) in [6.07, 6.45) is -4.66. The third-order valence-electron chi connectivity index (χ3n) is 2.79. The van der Waals surface area contributed by atoms with Crippen LogP contribution < -0.4 is 10.1 Å². The number of ether oxygens (including phenoxy) is 1. The van der Waals surface area contributed by atoms with Gasteiger partial charge in [-0.15, -0.1) is 24.5 Å². The molecule has 7 heteroatoms. The van der Waals surface area contributed by atoms with Crippen molar-refractivity contribution in [3.63, 3.8) is 0 Å². The lowest BCUT2D eigenvalue weighted by Gasteiger charge is -2.13. The highest BCUT2D eigenvalue weighted by Crippen LogP contribution is 2.27. The maximum Gasteiger partial charge on any atom is 0.573 e. The Balaban J connectivity index is 1.89. The molecule has 2 rings (SSSR count). The molecule has 0 fully saturated rings. The van der Waals surface area contributed by atoms with Gasteiger partial charge in [-0.25, -0.2) is 0 Å². The molecule has 1 unspecified atom stereocenters. The Labute approximate surface area is 129 Å². The zero-order valence-electron chi connectivity index (χ0n) is 11.1. The molecule has 1 N–H and O–H groups in total. The van der Waals surface area contributed by atoms with E-state index in [1.807, 2.05) is 19.1 Å². The summed E-state index contributed by atoms with van der Waals surface area (Å²) in [7, 11) is 0. The predicted molar refractivity (Wildman–Crippen MR) is 77.7 cm³/mol. The van der Waals surface area contributed by atoms with Gasteiger partial charge in [-0.1, -0.05) is 23.7 Å². The van der Waals surface area contributed by atoms with Crippen LogP contribution in [0, 0.1) is 0 Å². The molecule has 1 aromatic carbocycles. The van der Waals surface area contributed by atoms with Gasteiger partial charge in [-0.05, 0) is 36.8 Å². The molecule has 0 amide bonds. The van der Waals surface area contributed by atoms with Gasteiger partial charge in [0.15, 0.2) is 0 Å². The van der Waals surface area contributed by atoms with Crippen molar-refractivity contribution in [1.82, 2.24) is 5.32 Å². The topological polar surface area (TPSA) is 21.3 Å². The highest BCUT2D eigenvalue weighted by atomic mass is 35.5. The van der Waals surface area contributed by atoms with Crippen LogP contribution in [0.3, 0.4) is 0 Å². The van der Waals surface area contributed by atoms with E-state index in [2.05, 4.69) is 10.1 Å². The molecular weight excluding hydrogens is 323 g/mol. The third-order valence-corrected chi connectivity index (χ3v) is 4.20. The second kappa shape index (κ2) is 6.68. The van der Waals surface area contributed by atoms with Crippen molar-refractivity contribution in [2.45, 2.75) is 25.9 Å². The van der Waals surface area contributed by atoms with Crippen molar-refractivity contribution in [3.8, 4) is 5.75 Å². The first-order valence-electron chi connectivity index (χ1n) is 6.17. The van der Waals surface area contributed by atoms with Crippen LogP contribution in [0.4, 0.5) is 13.2 Å². The van der Waals surface area contributed by atoms with E-state index < -0.39 is 6.36 Å². The number of thiophene rings is 1. The standard InChI is InChI=1S/C14H13ClF3NOS/c1-9(12-6-7-13(15)21-12)19-8-10-2-4-11(5-3-10)20-14(16,17)18/h2-7,9,19H,8H2,1H3. The van der Waals surface area contributed by atoms with Gasteiger partial charge in [0.1, 0.15) is 5.75 Å². The number of hydrogen-bond acceptors (Lipinski definition) is 3. The quantitative estimate of drug-likeness (QED) is 0.815. The van der Waals surface area contributed by atoms with Crippen LogP contribution in [0.1, 0.15) is 23.4 Å². The Morgan fingerprint density at radius 1 is 1.19 bits per heavy atom. The molecule has 0 saturated carbocycles. The van der Waals surface area contributed by atoms with Crippen LogP contribution in [-0.4, -0.2) is 6.36 Å². The Hall–Kier alpha value is -1.24. The molecule has 1 aromatic heterocycles. The van der Waals surface area contributed by atoms with Crippen LogP contribution in [0.2, 0.25) is 4.34 Å². The fraction of sp³-hybridized carbons (Fsp3) is 0.286. The second-order valence-corrected chi connectivity index (χ2v) is 6.18. The SMILES string of the molecule is CC(NCc1ccc(OC(F)(F)F)cc1)c1ccc(Cl)s1. The van der Waals surface area contributed by atoms with Gasteiger partial charge in [0.05, 0.1) is 4.34 Å². The molecule has 1 heterocycles. The minimum atomic E-state index is -4.66. The van der Waals surface area contributed by atoms with Crippen LogP contribution >= 0.6 is 22.9 Å². The van der Waals surface area contributed by atoms with Gasteiger partial charge in [0, 0.05) is 17.5 Å². The summed E-state index contributed by atoms with van der Waals surface area (Å²) in [5, 5.41) is 3.28. The number of halogens is 4. The van der Waals surface area contributed by atoms with Gasteiger partial charge in [0.25, 0.3) is 0 Å². The predicted octanol–water partition coefficient (Wildman–Crippen LogP) is 5.15. The average Bonchev–Trinajstić information content (AvgIpc) is 2.82. The normalized spacial score (nSPS) is 13.2. The van der Waals surface area contributed by atoms with E-state index >= 15 is 0 Å². The molecule has 0 spiro atoms. The van der Waals surface area contributed by atoms with Crippen molar-refractivity contribution >= 4 is 22.9 Å². The van der Waals surface area contributed by atoms with Crippen molar-refractivity contribution < 1.29 is 17.9 Å². The molecule has 0 aliphatic carbocycles. The lowest BCUT2D eigenvalue weighted by molar-refractivity contribution is -0.274. The summed E-state index contributed by atoms with van der Waals surface area (Å²) in [5.41, 5.74) is 0.874. The third kappa shape index (κ3) is 5.22. The van der Waals surface area contributed by atoms with E-state index in [9.17, 15) is 13.2 Å². The van der Waals surface area contributed by atoms with Gasteiger partial charge >= 0.3 is 6.36 Å². The maximum atomic E-state index is 12.0. The zero-order valence-corrected chi connectivity index (χ0v) is 12.6. The molecule has 0 radical (unpaired) electrons. The summed E-state index contributed by atoms with van der Waals surface area (Å²) >= 11 is 7.37. The van der Waals surface area contributed by atoms with Crippen LogP contribution in [0.15, 0.2) is 36.4 Å². The first-order valence-corrected chi connectivity index (χ1v) is 7.36. The number of rotatable bonds is 5. The van der Waals surface area contributed by atoms with E-state index in [0.29, 0.717) is 6.54 Å². The molecule has 1 atom stereocenters. The summed E-state index contributed by atoms with van der Waals surface area (Å²) in [4.78, 5) is 1.11. The Bertz CT molecular complexity index is 583. The lowest BCUT2D eigenvalue weighted by atomic mass is 10.2. The van der Waals surface area contributed by atoms with Crippen LogP contribution in [0.5, 0.6) is 5.75 Å². The highest BCUT2D eigenvalue weighted by Gasteiger charge is 2.30. The number of hydrogen-bond donors (Lipinski definition) is 1. The van der Waals surface area contributed by atoms with E-state index in [-0.39, 0.29) is 11.8 Å². The maximum absolute atomic E-state index is 12.0. The van der Waals surface area contributed by atoms with Gasteiger partial charge in [0.2, 0.25) is 0 Å².